The molecule has 0 radical (unpaired) electrons. The van der Waals surface area contributed by atoms with Crippen LogP contribution in [0.15, 0.2) is 10.8 Å². The third-order valence-corrected chi connectivity index (χ3v) is 1.90. The summed E-state index contributed by atoms with van der Waals surface area (Å²) in [5.74, 6) is -2.35. The number of aromatic nitrogens is 2. The van der Waals surface area contributed by atoms with Crippen LogP contribution in [0.1, 0.15) is 13.8 Å². The maximum Gasteiger partial charge on any atom is 0.472 e. The first-order valence-electron chi connectivity index (χ1n) is 4.62. The molecular weight excluding hydrogens is 340 g/mol. The van der Waals surface area contributed by atoms with Gasteiger partial charge in [-0.2, -0.15) is 13.2 Å². The van der Waals surface area contributed by atoms with Gasteiger partial charge in [-0.1, -0.05) is 25.4 Å². The van der Waals surface area contributed by atoms with Gasteiger partial charge in [-0.05, 0) is 15.9 Å². The molecule has 1 aromatic heterocycles. The molecule has 0 aliphatic rings. The summed E-state index contributed by atoms with van der Waals surface area (Å²) in [5.41, 5.74) is 3.28. The average molecular weight is 350 g/mol. The monoisotopic (exact) mass is 348 g/mol. The van der Waals surface area contributed by atoms with Crippen LogP contribution in [0.5, 0.6) is 0 Å². The van der Waals surface area contributed by atoms with Gasteiger partial charge in [-0.3, -0.25) is 15.6 Å². The predicted octanol–water partition coefficient (Wildman–Crippen LogP) is 2.92. The Balaban J connectivity index is 0.00000137. The van der Waals surface area contributed by atoms with E-state index in [-0.39, 0.29) is 11.0 Å². The zero-order chi connectivity index (χ0) is 14.3. The van der Waals surface area contributed by atoms with E-state index in [9.17, 15) is 18.0 Å². The van der Waals surface area contributed by atoms with Gasteiger partial charge < -0.3 is 0 Å². The Bertz CT molecular complexity index is 416. The van der Waals surface area contributed by atoms with Crippen LogP contribution in [0.25, 0.3) is 0 Å². The van der Waals surface area contributed by atoms with E-state index in [0.717, 1.165) is 0 Å². The second-order valence-electron chi connectivity index (χ2n) is 2.41. The van der Waals surface area contributed by atoms with Crippen molar-refractivity contribution in [1.29, 1.82) is 0 Å². The van der Waals surface area contributed by atoms with Gasteiger partial charge in [0.2, 0.25) is 0 Å². The zero-order valence-corrected chi connectivity index (χ0v) is 11.6. The van der Waals surface area contributed by atoms with Crippen LogP contribution < -0.4 is 10.9 Å². The number of amides is 1. The van der Waals surface area contributed by atoms with E-state index >= 15 is 0 Å². The van der Waals surface area contributed by atoms with E-state index in [1.54, 1.807) is 0 Å². The summed E-state index contributed by atoms with van der Waals surface area (Å²) >= 11 is 8.48. The van der Waals surface area contributed by atoms with E-state index in [0.29, 0.717) is 4.60 Å². The summed E-state index contributed by atoms with van der Waals surface area (Å²) in [6.45, 7) is 4.00. The fraction of sp³-hybridized carbons (Fsp3) is 0.375. The number of carbonyl (C=O) groups is 1. The molecule has 2 N–H and O–H groups in total. The maximum absolute atomic E-state index is 11.8. The first-order valence-corrected chi connectivity index (χ1v) is 5.79. The topological polar surface area (TPSA) is 66.9 Å². The molecule has 0 aromatic carbocycles. The highest BCUT2D eigenvalue weighted by Crippen LogP contribution is 2.18. The maximum atomic E-state index is 11.8. The molecule has 5 nitrogen and oxygen atoms in total. The molecule has 0 spiro atoms. The summed E-state index contributed by atoms with van der Waals surface area (Å²) in [6, 6.07) is 0. The quantitative estimate of drug-likeness (QED) is 0.806. The lowest BCUT2D eigenvalue weighted by atomic mass is 10.6. The highest BCUT2D eigenvalue weighted by Gasteiger charge is 2.38. The van der Waals surface area contributed by atoms with Crippen molar-refractivity contribution in [2.45, 2.75) is 20.0 Å². The lowest BCUT2D eigenvalue weighted by Gasteiger charge is -2.10. The van der Waals surface area contributed by atoms with Gasteiger partial charge in [0, 0.05) is 0 Å². The van der Waals surface area contributed by atoms with Crippen molar-refractivity contribution in [3.8, 4) is 0 Å². The van der Waals surface area contributed by atoms with Gasteiger partial charge in [0.05, 0.1) is 6.20 Å². The van der Waals surface area contributed by atoms with Crippen LogP contribution in [0.2, 0.25) is 5.15 Å². The van der Waals surface area contributed by atoms with Crippen LogP contribution in [-0.4, -0.2) is 22.1 Å². The van der Waals surface area contributed by atoms with Gasteiger partial charge in [0.15, 0.2) is 11.0 Å². The number of nitrogens with one attached hydrogen (secondary N) is 2. The van der Waals surface area contributed by atoms with Crippen molar-refractivity contribution in [3.05, 3.63) is 16.0 Å². The number of rotatable bonds is 2. The Hall–Kier alpha value is -1.09. The molecule has 0 unspecified atom stereocenters. The number of hydrogen-bond acceptors (Lipinski definition) is 4. The van der Waals surface area contributed by atoms with Crippen LogP contribution in [0.4, 0.5) is 19.0 Å². The number of carbonyl (C=O) groups excluding carboxylic acids is 1. The number of halogens is 5. The molecule has 1 aromatic rings. The SMILES string of the molecule is CC.O=C(NNc1ncc(Br)nc1Cl)C(F)(F)F. The van der Waals surface area contributed by atoms with E-state index in [1.165, 1.54) is 11.6 Å². The summed E-state index contributed by atoms with van der Waals surface area (Å²) in [7, 11) is 0. The van der Waals surface area contributed by atoms with Crippen molar-refractivity contribution in [2.75, 3.05) is 5.43 Å². The van der Waals surface area contributed by atoms with E-state index in [2.05, 4.69) is 25.9 Å². The van der Waals surface area contributed by atoms with E-state index < -0.39 is 12.1 Å². The first-order chi connectivity index (χ1) is 8.30. The lowest BCUT2D eigenvalue weighted by Crippen LogP contribution is -2.40. The minimum atomic E-state index is -4.98. The summed E-state index contributed by atoms with van der Waals surface area (Å²) in [4.78, 5) is 17.7. The molecule has 0 saturated heterocycles. The van der Waals surface area contributed by atoms with Crippen molar-refractivity contribution < 1.29 is 18.0 Å². The lowest BCUT2D eigenvalue weighted by molar-refractivity contribution is -0.173. The standard InChI is InChI=1S/C6H3BrClF3N4O.C2H6/c7-2-1-12-4(3(8)13-2)14-15-5(16)6(9,10)11;1-2/h1H,(H,12,14)(H,15,16);1-2H3. The largest absolute Gasteiger partial charge is 0.472 e. The van der Waals surface area contributed by atoms with Gasteiger partial charge in [-0.15, -0.1) is 0 Å². The molecular formula is C8H9BrClF3N4O. The average Bonchev–Trinajstić information content (AvgIpc) is 2.29. The number of nitrogens with zero attached hydrogens (tertiary/aromatic N) is 2. The molecule has 1 rings (SSSR count). The Morgan fingerprint density at radius 3 is 2.44 bits per heavy atom. The minimum absolute atomic E-state index is 0.183. The second-order valence-corrected chi connectivity index (χ2v) is 3.58. The molecule has 18 heavy (non-hydrogen) atoms. The van der Waals surface area contributed by atoms with Gasteiger partial charge in [-0.25, -0.2) is 9.97 Å². The molecule has 0 aliphatic heterocycles. The summed E-state index contributed by atoms with van der Waals surface area (Å²) in [6.07, 6.45) is -3.78. The van der Waals surface area contributed by atoms with Gasteiger partial charge >= 0.3 is 12.1 Å². The fourth-order valence-electron chi connectivity index (χ4n) is 0.617. The molecule has 10 heteroatoms. The number of alkyl halides is 3. The van der Waals surface area contributed by atoms with Crippen LogP contribution >= 0.6 is 27.5 Å². The molecule has 102 valence electrons. The highest BCUT2D eigenvalue weighted by atomic mass is 79.9. The Labute approximate surface area is 114 Å². The van der Waals surface area contributed by atoms with Crippen molar-refractivity contribution >= 4 is 39.3 Å². The Morgan fingerprint density at radius 1 is 1.44 bits per heavy atom. The number of anilines is 1. The number of hydrazine groups is 1. The number of hydrogen-bond donors (Lipinski definition) is 2. The summed E-state index contributed by atoms with van der Waals surface area (Å²) in [5, 5.41) is -0.183. The minimum Gasteiger partial charge on any atom is -0.279 e. The Kier molecular flexibility index (Phi) is 6.92. The molecule has 0 bridgehead atoms. The van der Waals surface area contributed by atoms with E-state index in [1.807, 2.05) is 19.3 Å². The first kappa shape index (κ1) is 16.9. The smallest absolute Gasteiger partial charge is 0.279 e. The highest BCUT2D eigenvalue weighted by molar-refractivity contribution is 9.10. The van der Waals surface area contributed by atoms with Crippen molar-refractivity contribution in [1.82, 2.24) is 15.4 Å². The normalized spacial score (nSPS) is 10.2. The van der Waals surface area contributed by atoms with E-state index in [4.69, 9.17) is 11.6 Å². The van der Waals surface area contributed by atoms with Gasteiger partial charge in [0.25, 0.3) is 0 Å². The van der Waals surface area contributed by atoms with Crippen LogP contribution in [-0.2, 0) is 4.79 Å². The fourth-order valence-corrected chi connectivity index (χ4v) is 1.19. The zero-order valence-electron chi connectivity index (χ0n) is 9.27. The predicted molar refractivity (Wildman–Crippen MR) is 63.9 cm³/mol. The summed E-state index contributed by atoms with van der Waals surface area (Å²) < 4.78 is 35.7. The van der Waals surface area contributed by atoms with Crippen LogP contribution in [0.3, 0.4) is 0 Å². The van der Waals surface area contributed by atoms with Crippen molar-refractivity contribution in [2.24, 2.45) is 0 Å². The third-order valence-electron chi connectivity index (χ3n) is 1.25. The Morgan fingerprint density at radius 2 is 2.00 bits per heavy atom. The molecule has 1 amide bonds. The second kappa shape index (κ2) is 7.37. The third kappa shape index (κ3) is 5.50. The molecule has 0 atom stereocenters. The molecule has 0 aliphatic carbocycles. The van der Waals surface area contributed by atoms with Crippen LogP contribution in [0, 0.1) is 0 Å². The van der Waals surface area contributed by atoms with Gasteiger partial charge in [0.1, 0.15) is 4.60 Å². The van der Waals surface area contributed by atoms with Crippen molar-refractivity contribution in [3.63, 3.8) is 0 Å². The molecule has 0 saturated carbocycles. The molecule has 0 fully saturated rings. The molecule has 1 heterocycles.